The zero-order valence-corrected chi connectivity index (χ0v) is 14.3. The molecule has 0 fully saturated rings. The Labute approximate surface area is 146 Å². The van der Waals surface area contributed by atoms with Gasteiger partial charge >= 0.3 is 6.03 Å². The third kappa shape index (κ3) is 3.58. The van der Waals surface area contributed by atoms with E-state index in [4.69, 9.17) is 0 Å². The van der Waals surface area contributed by atoms with Gasteiger partial charge in [-0.05, 0) is 37.5 Å². The number of aromatic nitrogens is 2. The fourth-order valence-corrected chi connectivity index (χ4v) is 3.12. The van der Waals surface area contributed by atoms with Crippen molar-refractivity contribution in [3.05, 3.63) is 40.2 Å². The summed E-state index contributed by atoms with van der Waals surface area (Å²) in [7, 11) is 0. The van der Waals surface area contributed by atoms with Crippen LogP contribution in [0.1, 0.15) is 29.4 Å². The highest BCUT2D eigenvalue weighted by molar-refractivity contribution is 7.05. The summed E-state index contributed by atoms with van der Waals surface area (Å²) in [6.45, 7) is 3.02. The maximum absolute atomic E-state index is 13.9. The summed E-state index contributed by atoms with van der Waals surface area (Å²) < 4.78 is 31.3. The van der Waals surface area contributed by atoms with Gasteiger partial charge in [0.1, 0.15) is 17.4 Å². The zero-order chi connectivity index (χ0) is 18.1. The number of rotatable bonds is 4. The quantitative estimate of drug-likeness (QED) is 0.868. The highest BCUT2D eigenvalue weighted by Crippen LogP contribution is 2.27. The van der Waals surface area contributed by atoms with Crippen molar-refractivity contribution in [3.8, 4) is 0 Å². The molecule has 1 aromatic heterocycles. The first-order valence-electron chi connectivity index (χ1n) is 7.47. The van der Waals surface area contributed by atoms with Crippen LogP contribution in [0, 0.1) is 18.6 Å². The second-order valence-corrected chi connectivity index (χ2v) is 6.43. The van der Waals surface area contributed by atoms with E-state index in [1.54, 1.807) is 13.8 Å². The van der Waals surface area contributed by atoms with Crippen molar-refractivity contribution in [3.63, 3.8) is 0 Å². The third-order valence-corrected chi connectivity index (χ3v) is 4.69. The lowest BCUT2D eigenvalue weighted by molar-refractivity contribution is -0.122. The summed E-state index contributed by atoms with van der Waals surface area (Å²) in [6.07, 6.45) is 0. The highest BCUT2D eigenvalue weighted by Gasteiger charge is 2.28. The number of aryl methyl sites for hydroxylation is 1. The average Bonchev–Trinajstić information content (AvgIpc) is 2.99. The van der Waals surface area contributed by atoms with E-state index >= 15 is 0 Å². The first kappa shape index (κ1) is 17.2. The van der Waals surface area contributed by atoms with E-state index in [-0.39, 0.29) is 30.4 Å². The van der Waals surface area contributed by atoms with Gasteiger partial charge in [-0.1, -0.05) is 0 Å². The van der Waals surface area contributed by atoms with Crippen molar-refractivity contribution >= 4 is 29.2 Å². The molecular formula is C15H15F2N5O2S. The van der Waals surface area contributed by atoms with Crippen molar-refractivity contribution in [2.45, 2.75) is 26.4 Å². The van der Waals surface area contributed by atoms with Crippen LogP contribution in [0.3, 0.4) is 0 Å². The number of halogens is 2. The van der Waals surface area contributed by atoms with Crippen molar-refractivity contribution in [1.29, 1.82) is 0 Å². The standard InChI is InChI=1S/C15H15F2N5O2S/c1-7(14-19-8(2)21-25-14)18-12(23)6-22-5-9-11(20-15(22)24)4-3-10(16)13(9)17/h3-4,7H,5-6H2,1-2H3,(H,18,23)(H,20,24)/t7-/m0/s1. The van der Waals surface area contributed by atoms with E-state index in [0.717, 1.165) is 11.0 Å². The van der Waals surface area contributed by atoms with Crippen LogP contribution in [0.4, 0.5) is 19.3 Å². The number of amides is 3. The molecule has 132 valence electrons. The Morgan fingerprint density at radius 3 is 2.92 bits per heavy atom. The number of carbonyl (C=O) groups is 2. The molecule has 2 aromatic rings. The van der Waals surface area contributed by atoms with Crippen LogP contribution in [0.5, 0.6) is 0 Å². The van der Waals surface area contributed by atoms with E-state index in [0.29, 0.717) is 10.8 Å². The first-order valence-corrected chi connectivity index (χ1v) is 8.25. The molecule has 2 heterocycles. The lowest BCUT2D eigenvalue weighted by Crippen LogP contribution is -2.45. The molecule has 0 saturated carbocycles. The SMILES string of the molecule is Cc1nsc([C@H](C)NC(=O)CN2Cc3c(ccc(F)c3F)NC2=O)n1. The topological polar surface area (TPSA) is 87.2 Å². The Hall–Kier alpha value is -2.62. The fraction of sp³-hybridized carbons (Fsp3) is 0.333. The van der Waals surface area contributed by atoms with Crippen molar-refractivity contribution in [2.75, 3.05) is 11.9 Å². The number of nitrogens with one attached hydrogen (secondary N) is 2. The molecule has 3 amide bonds. The minimum atomic E-state index is -1.03. The minimum absolute atomic E-state index is 0.0141. The molecule has 0 unspecified atom stereocenters. The lowest BCUT2D eigenvalue weighted by atomic mass is 10.1. The monoisotopic (exact) mass is 367 g/mol. The lowest BCUT2D eigenvalue weighted by Gasteiger charge is -2.29. The van der Waals surface area contributed by atoms with E-state index in [1.807, 2.05) is 0 Å². The number of hydrogen-bond acceptors (Lipinski definition) is 5. The van der Waals surface area contributed by atoms with Crippen LogP contribution < -0.4 is 10.6 Å². The van der Waals surface area contributed by atoms with Gasteiger partial charge in [0.25, 0.3) is 0 Å². The molecule has 0 aliphatic carbocycles. The van der Waals surface area contributed by atoms with Crippen LogP contribution in [0.25, 0.3) is 0 Å². The molecule has 0 radical (unpaired) electrons. The number of benzene rings is 1. The van der Waals surface area contributed by atoms with Gasteiger partial charge in [0.2, 0.25) is 5.91 Å². The van der Waals surface area contributed by atoms with Crippen molar-refractivity contribution < 1.29 is 18.4 Å². The Morgan fingerprint density at radius 2 is 2.24 bits per heavy atom. The molecule has 2 N–H and O–H groups in total. The number of hydrogen-bond donors (Lipinski definition) is 2. The summed E-state index contributed by atoms with van der Waals surface area (Å²) in [5.41, 5.74) is 0.221. The Kier molecular flexibility index (Phi) is 4.62. The molecule has 7 nitrogen and oxygen atoms in total. The van der Waals surface area contributed by atoms with Crippen LogP contribution in [-0.4, -0.2) is 32.7 Å². The number of urea groups is 1. The number of anilines is 1. The molecular weight excluding hydrogens is 352 g/mol. The summed E-state index contributed by atoms with van der Waals surface area (Å²) in [6, 6.07) is 1.33. The number of nitrogens with zero attached hydrogens (tertiary/aromatic N) is 3. The number of carbonyl (C=O) groups excluding carboxylic acids is 2. The van der Waals surface area contributed by atoms with Gasteiger partial charge in [0, 0.05) is 5.56 Å². The van der Waals surface area contributed by atoms with E-state index < -0.39 is 23.6 Å². The van der Waals surface area contributed by atoms with Gasteiger partial charge in [-0.3, -0.25) is 4.79 Å². The zero-order valence-electron chi connectivity index (χ0n) is 13.5. The smallest absolute Gasteiger partial charge is 0.322 e. The maximum Gasteiger partial charge on any atom is 0.322 e. The van der Waals surface area contributed by atoms with Gasteiger partial charge in [-0.25, -0.2) is 18.6 Å². The molecule has 10 heteroatoms. The highest BCUT2D eigenvalue weighted by atomic mass is 32.1. The van der Waals surface area contributed by atoms with Crippen molar-refractivity contribution in [1.82, 2.24) is 19.6 Å². The molecule has 0 bridgehead atoms. The molecule has 1 aliphatic heterocycles. The van der Waals surface area contributed by atoms with Crippen LogP contribution >= 0.6 is 11.5 Å². The molecule has 0 saturated heterocycles. The molecule has 3 rings (SSSR count). The van der Waals surface area contributed by atoms with Crippen LogP contribution in [0.2, 0.25) is 0 Å². The predicted molar refractivity (Wildman–Crippen MR) is 87.0 cm³/mol. The summed E-state index contributed by atoms with van der Waals surface area (Å²) in [5.74, 6) is -1.85. The second kappa shape index (κ2) is 6.71. The average molecular weight is 367 g/mol. The summed E-state index contributed by atoms with van der Waals surface area (Å²) >= 11 is 1.18. The fourth-order valence-electron chi connectivity index (χ4n) is 2.46. The largest absolute Gasteiger partial charge is 0.346 e. The molecule has 1 atom stereocenters. The third-order valence-electron chi connectivity index (χ3n) is 3.70. The predicted octanol–water partition coefficient (Wildman–Crippen LogP) is 2.35. The van der Waals surface area contributed by atoms with Gasteiger partial charge < -0.3 is 15.5 Å². The first-order chi connectivity index (χ1) is 11.8. The summed E-state index contributed by atoms with van der Waals surface area (Å²) in [5, 5.41) is 5.80. The van der Waals surface area contributed by atoms with Crippen LogP contribution in [0.15, 0.2) is 12.1 Å². The van der Waals surface area contributed by atoms with E-state index in [2.05, 4.69) is 20.0 Å². The van der Waals surface area contributed by atoms with Crippen LogP contribution in [-0.2, 0) is 11.3 Å². The Morgan fingerprint density at radius 1 is 1.48 bits per heavy atom. The Balaban J connectivity index is 1.67. The van der Waals surface area contributed by atoms with Gasteiger partial charge in [-0.15, -0.1) is 0 Å². The Bertz CT molecular complexity index is 841. The maximum atomic E-state index is 13.9. The number of fused-ring (bicyclic) bond motifs is 1. The second-order valence-electron chi connectivity index (χ2n) is 5.64. The van der Waals surface area contributed by atoms with Gasteiger partial charge in [0.15, 0.2) is 11.6 Å². The van der Waals surface area contributed by atoms with Crippen molar-refractivity contribution in [2.24, 2.45) is 0 Å². The minimum Gasteiger partial charge on any atom is -0.346 e. The normalized spacial score (nSPS) is 14.7. The van der Waals surface area contributed by atoms with E-state index in [1.165, 1.54) is 17.6 Å². The molecule has 25 heavy (non-hydrogen) atoms. The van der Waals surface area contributed by atoms with Gasteiger partial charge in [-0.2, -0.15) is 4.37 Å². The van der Waals surface area contributed by atoms with Gasteiger partial charge in [0.05, 0.1) is 18.3 Å². The summed E-state index contributed by atoms with van der Waals surface area (Å²) in [4.78, 5) is 29.5. The van der Waals surface area contributed by atoms with E-state index in [9.17, 15) is 18.4 Å². The molecule has 1 aromatic carbocycles. The molecule has 0 spiro atoms. The molecule has 1 aliphatic rings.